The van der Waals surface area contributed by atoms with E-state index < -0.39 is 0 Å². The standard InChI is InChI=1S/C10H15ClN2O2S/c1-4-13(9(14)6-15-7(2)3)10-12-5-8(11)16-10/h5,7H,4,6H2,1-3H3. The maximum atomic E-state index is 11.8. The van der Waals surface area contributed by atoms with Gasteiger partial charge in [0.1, 0.15) is 10.9 Å². The number of amides is 1. The molecule has 0 fully saturated rings. The number of likely N-dealkylation sites (N-methyl/N-ethyl adjacent to an activating group) is 1. The average Bonchev–Trinajstić information content (AvgIpc) is 2.63. The molecule has 1 rings (SSSR count). The van der Waals surface area contributed by atoms with Crippen molar-refractivity contribution in [3.8, 4) is 0 Å². The van der Waals surface area contributed by atoms with Gasteiger partial charge in [0, 0.05) is 6.54 Å². The molecule has 1 aromatic heterocycles. The summed E-state index contributed by atoms with van der Waals surface area (Å²) in [6.07, 6.45) is 1.59. The molecule has 0 aliphatic rings. The fourth-order valence-corrected chi connectivity index (χ4v) is 2.09. The first-order valence-electron chi connectivity index (χ1n) is 5.08. The minimum Gasteiger partial charge on any atom is -0.369 e. The molecule has 0 saturated carbocycles. The molecule has 1 amide bonds. The van der Waals surface area contributed by atoms with Crippen molar-refractivity contribution in [3.63, 3.8) is 0 Å². The summed E-state index contributed by atoms with van der Waals surface area (Å²) in [4.78, 5) is 17.5. The van der Waals surface area contributed by atoms with Gasteiger partial charge in [-0.3, -0.25) is 9.69 Å². The minimum absolute atomic E-state index is 0.0440. The second kappa shape index (κ2) is 6.18. The van der Waals surface area contributed by atoms with Crippen LogP contribution in [-0.4, -0.2) is 30.1 Å². The van der Waals surface area contributed by atoms with Crippen LogP contribution in [0.2, 0.25) is 4.34 Å². The summed E-state index contributed by atoms with van der Waals surface area (Å²) in [5.74, 6) is -0.0952. The predicted octanol–water partition coefficient (Wildman–Crippen LogP) is 2.57. The van der Waals surface area contributed by atoms with E-state index in [9.17, 15) is 4.79 Å². The molecule has 90 valence electrons. The lowest BCUT2D eigenvalue weighted by Crippen LogP contribution is -2.34. The third kappa shape index (κ3) is 3.73. The molecule has 0 aliphatic carbocycles. The lowest BCUT2D eigenvalue weighted by molar-refractivity contribution is -0.124. The molecule has 0 unspecified atom stereocenters. The summed E-state index contributed by atoms with van der Waals surface area (Å²) in [6.45, 7) is 6.31. The summed E-state index contributed by atoms with van der Waals surface area (Å²) >= 11 is 7.07. The topological polar surface area (TPSA) is 42.4 Å². The summed E-state index contributed by atoms with van der Waals surface area (Å²) in [5, 5.41) is 0.616. The number of nitrogens with zero attached hydrogens (tertiary/aromatic N) is 2. The highest BCUT2D eigenvalue weighted by molar-refractivity contribution is 7.19. The number of carbonyl (C=O) groups is 1. The molecular formula is C10H15ClN2O2S. The lowest BCUT2D eigenvalue weighted by atomic mass is 10.4. The van der Waals surface area contributed by atoms with Gasteiger partial charge in [-0.25, -0.2) is 4.98 Å². The van der Waals surface area contributed by atoms with Gasteiger partial charge in [-0.15, -0.1) is 0 Å². The number of hydrogen-bond acceptors (Lipinski definition) is 4. The molecule has 0 aliphatic heterocycles. The van der Waals surface area contributed by atoms with Crippen LogP contribution in [0.25, 0.3) is 0 Å². The van der Waals surface area contributed by atoms with Gasteiger partial charge >= 0.3 is 0 Å². The Hall–Kier alpha value is -0.650. The lowest BCUT2D eigenvalue weighted by Gasteiger charge is -2.18. The fourth-order valence-electron chi connectivity index (χ4n) is 1.10. The van der Waals surface area contributed by atoms with E-state index in [0.29, 0.717) is 16.0 Å². The second-order valence-corrected chi connectivity index (χ2v) is 5.09. The van der Waals surface area contributed by atoms with Crippen LogP contribution in [0.1, 0.15) is 20.8 Å². The Morgan fingerprint density at radius 2 is 2.38 bits per heavy atom. The van der Waals surface area contributed by atoms with E-state index in [-0.39, 0.29) is 18.6 Å². The predicted molar refractivity (Wildman–Crippen MR) is 66.2 cm³/mol. The number of carbonyl (C=O) groups excluding carboxylic acids is 1. The van der Waals surface area contributed by atoms with Crippen LogP contribution in [-0.2, 0) is 9.53 Å². The number of rotatable bonds is 5. The maximum absolute atomic E-state index is 11.8. The number of hydrogen-bond donors (Lipinski definition) is 0. The van der Waals surface area contributed by atoms with Crippen LogP contribution < -0.4 is 4.90 Å². The molecule has 1 aromatic rings. The third-order valence-electron chi connectivity index (χ3n) is 1.85. The van der Waals surface area contributed by atoms with Gasteiger partial charge in [-0.2, -0.15) is 0 Å². The molecule has 0 N–H and O–H groups in total. The van der Waals surface area contributed by atoms with Gasteiger partial charge < -0.3 is 4.74 Å². The highest BCUT2D eigenvalue weighted by Gasteiger charge is 2.17. The Balaban J connectivity index is 2.63. The second-order valence-electron chi connectivity index (χ2n) is 3.44. The number of thiazole rings is 1. The van der Waals surface area contributed by atoms with Crippen LogP contribution in [0, 0.1) is 0 Å². The van der Waals surface area contributed by atoms with Crippen LogP contribution in [0.4, 0.5) is 5.13 Å². The number of anilines is 1. The van der Waals surface area contributed by atoms with E-state index in [1.54, 1.807) is 11.1 Å². The van der Waals surface area contributed by atoms with E-state index in [1.165, 1.54) is 11.3 Å². The van der Waals surface area contributed by atoms with Gasteiger partial charge in [-0.1, -0.05) is 22.9 Å². The maximum Gasteiger partial charge on any atom is 0.254 e. The molecule has 0 bridgehead atoms. The third-order valence-corrected chi connectivity index (χ3v) is 2.99. The Morgan fingerprint density at radius 1 is 1.69 bits per heavy atom. The van der Waals surface area contributed by atoms with E-state index in [2.05, 4.69) is 4.98 Å². The molecule has 0 spiro atoms. The molecule has 0 atom stereocenters. The number of ether oxygens (including phenoxy) is 1. The quantitative estimate of drug-likeness (QED) is 0.819. The van der Waals surface area contributed by atoms with Crippen LogP contribution in [0.3, 0.4) is 0 Å². The first-order chi connectivity index (χ1) is 7.54. The van der Waals surface area contributed by atoms with Crippen molar-refractivity contribution in [3.05, 3.63) is 10.5 Å². The first-order valence-corrected chi connectivity index (χ1v) is 6.27. The van der Waals surface area contributed by atoms with E-state index in [4.69, 9.17) is 16.3 Å². The Labute approximate surface area is 104 Å². The van der Waals surface area contributed by atoms with Crippen molar-refractivity contribution in [2.75, 3.05) is 18.1 Å². The van der Waals surface area contributed by atoms with E-state index >= 15 is 0 Å². The fraction of sp³-hybridized carbons (Fsp3) is 0.600. The van der Waals surface area contributed by atoms with E-state index in [1.807, 2.05) is 20.8 Å². The molecular weight excluding hydrogens is 248 g/mol. The zero-order valence-electron chi connectivity index (χ0n) is 9.57. The van der Waals surface area contributed by atoms with Crippen molar-refractivity contribution >= 4 is 34.0 Å². The van der Waals surface area contributed by atoms with Crippen molar-refractivity contribution in [1.82, 2.24) is 4.98 Å². The SMILES string of the molecule is CCN(C(=O)COC(C)C)c1ncc(Cl)s1. The Kier molecular flexibility index (Phi) is 5.18. The smallest absolute Gasteiger partial charge is 0.254 e. The molecule has 4 nitrogen and oxygen atoms in total. The summed E-state index contributed by atoms with van der Waals surface area (Å²) < 4.78 is 5.84. The van der Waals surface area contributed by atoms with Crippen molar-refractivity contribution in [1.29, 1.82) is 0 Å². The highest BCUT2D eigenvalue weighted by Crippen LogP contribution is 2.26. The van der Waals surface area contributed by atoms with Crippen molar-refractivity contribution in [2.45, 2.75) is 26.9 Å². The Bertz CT molecular complexity index is 354. The number of aromatic nitrogens is 1. The zero-order valence-corrected chi connectivity index (χ0v) is 11.1. The summed E-state index contributed by atoms with van der Waals surface area (Å²) in [7, 11) is 0. The van der Waals surface area contributed by atoms with Crippen molar-refractivity contribution in [2.24, 2.45) is 0 Å². The first kappa shape index (κ1) is 13.4. The molecule has 1 heterocycles. The van der Waals surface area contributed by atoms with Crippen LogP contribution >= 0.6 is 22.9 Å². The minimum atomic E-state index is -0.0952. The number of halogens is 1. The van der Waals surface area contributed by atoms with Crippen LogP contribution in [0.15, 0.2) is 6.20 Å². The average molecular weight is 263 g/mol. The van der Waals surface area contributed by atoms with Gasteiger partial charge in [0.15, 0.2) is 5.13 Å². The summed E-state index contributed by atoms with van der Waals surface area (Å²) in [6, 6.07) is 0. The normalized spacial score (nSPS) is 10.8. The molecule has 0 saturated heterocycles. The van der Waals surface area contributed by atoms with Gasteiger partial charge in [-0.05, 0) is 20.8 Å². The highest BCUT2D eigenvalue weighted by atomic mass is 35.5. The molecule has 0 aromatic carbocycles. The molecule has 16 heavy (non-hydrogen) atoms. The van der Waals surface area contributed by atoms with Gasteiger partial charge in [0.25, 0.3) is 5.91 Å². The monoisotopic (exact) mass is 262 g/mol. The zero-order chi connectivity index (χ0) is 12.1. The Morgan fingerprint density at radius 3 is 2.81 bits per heavy atom. The van der Waals surface area contributed by atoms with Crippen LogP contribution in [0.5, 0.6) is 0 Å². The van der Waals surface area contributed by atoms with E-state index in [0.717, 1.165) is 0 Å². The van der Waals surface area contributed by atoms with Gasteiger partial charge in [0.2, 0.25) is 0 Å². The summed E-state index contributed by atoms with van der Waals surface area (Å²) in [5.41, 5.74) is 0. The van der Waals surface area contributed by atoms with Gasteiger partial charge in [0.05, 0.1) is 12.3 Å². The molecule has 6 heteroatoms. The largest absolute Gasteiger partial charge is 0.369 e. The molecule has 0 radical (unpaired) electrons. The van der Waals surface area contributed by atoms with Crippen molar-refractivity contribution < 1.29 is 9.53 Å².